The van der Waals surface area contributed by atoms with Gasteiger partial charge in [0.05, 0.1) is 0 Å². The summed E-state index contributed by atoms with van der Waals surface area (Å²) in [6.07, 6.45) is 1.72. The van der Waals surface area contributed by atoms with E-state index in [1.54, 1.807) is 6.20 Å². The van der Waals surface area contributed by atoms with Crippen LogP contribution in [0.4, 0.5) is 5.82 Å². The van der Waals surface area contributed by atoms with Crippen LogP contribution in [0.2, 0.25) is 0 Å². The van der Waals surface area contributed by atoms with Crippen molar-refractivity contribution in [3.63, 3.8) is 0 Å². The quantitative estimate of drug-likeness (QED) is 0.840. The maximum absolute atomic E-state index is 11.6. The molecule has 17 heavy (non-hydrogen) atoms. The first kappa shape index (κ1) is 14.0. The van der Waals surface area contributed by atoms with Crippen LogP contribution in [0.25, 0.3) is 0 Å². The topological polar surface area (TPSA) is 54.0 Å². The predicted molar refractivity (Wildman–Crippen MR) is 72.9 cm³/mol. The van der Waals surface area contributed by atoms with Gasteiger partial charge < -0.3 is 10.6 Å². The highest BCUT2D eigenvalue weighted by atomic mass is 79.9. The van der Waals surface area contributed by atoms with Gasteiger partial charge in [0.1, 0.15) is 5.82 Å². The third-order valence-electron chi connectivity index (χ3n) is 2.12. The van der Waals surface area contributed by atoms with E-state index in [4.69, 9.17) is 0 Å². The van der Waals surface area contributed by atoms with Gasteiger partial charge in [-0.25, -0.2) is 4.98 Å². The SMILES string of the molecule is CC(C)(C)C(=O)NCCNc1cc(Br)ccn1. The Hall–Kier alpha value is -1.10. The fourth-order valence-electron chi connectivity index (χ4n) is 1.13. The third kappa shape index (κ3) is 5.17. The number of halogens is 1. The minimum atomic E-state index is -0.339. The zero-order valence-corrected chi connectivity index (χ0v) is 12.0. The number of pyridine rings is 1. The number of nitrogens with zero attached hydrogens (tertiary/aromatic N) is 1. The second-order valence-electron chi connectivity index (χ2n) is 4.79. The summed E-state index contributed by atoms with van der Waals surface area (Å²) in [6, 6.07) is 3.76. The van der Waals surface area contributed by atoms with E-state index in [1.165, 1.54) is 0 Å². The van der Waals surface area contributed by atoms with Gasteiger partial charge in [0.25, 0.3) is 0 Å². The smallest absolute Gasteiger partial charge is 0.225 e. The molecule has 1 heterocycles. The van der Waals surface area contributed by atoms with Crippen LogP contribution in [-0.4, -0.2) is 24.0 Å². The van der Waals surface area contributed by atoms with E-state index >= 15 is 0 Å². The van der Waals surface area contributed by atoms with E-state index in [1.807, 2.05) is 32.9 Å². The standard InChI is InChI=1S/C12H18BrN3O/c1-12(2,3)11(17)16-7-6-15-10-8-9(13)4-5-14-10/h4-5,8H,6-7H2,1-3H3,(H,14,15)(H,16,17). The summed E-state index contributed by atoms with van der Waals surface area (Å²) in [5, 5.41) is 6.00. The Labute approximate surface area is 110 Å². The monoisotopic (exact) mass is 299 g/mol. The van der Waals surface area contributed by atoms with E-state index < -0.39 is 0 Å². The largest absolute Gasteiger partial charge is 0.368 e. The maximum atomic E-state index is 11.6. The fourth-order valence-corrected chi connectivity index (χ4v) is 1.47. The van der Waals surface area contributed by atoms with Crippen molar-refractivity contribution >= 4 is 27.7 Å². The van der Waals surface area contributed by atoms with Gasteiger partial charge in [-0.05, 0) is 12.1 Å². The average molecular weight is 300 g/mol. The van der Waals surface area contributed by atoms with Gasteiger partial charge in [0, 0.05) is 29.2 Å². The zero-order valence-electron chi connectivity index (χ0n) is 10.4. The minimum Gasteiger partial charge on any atom is -0.368 e. The summed E-state index contributed by atoms with van der Waals surface area (Å²) in [7, 11) is 0. The van der Waals surface area contributed by atoms with Gasteiger partial charge in [0.2, 0.25) is 5.91 Å². The number of carbonyl (C=O) groups is 1. The Balaban J connectivity index is 2.28. The number of amides is 1. The Bertz CT molecular complexity index is 388. The number of aromatic nitrogens is 1. The van der Waals surface area contributed by atoms with Gasteiger partial charge >= 0.3 is 0 Å². The first-order valence-corrected chi connectivity index (χ1v) is 6.32. The normalized spacial score (nSPS) is 11.1. The van der Waals surface area contributed by atoms with Crippen LogP contribution in [0.5, 0.6) is 0 Å². The molecule has 0 aliphatic heterocycles. The van der Waals surface area contributed by atoms with Crippen LogP contribution in [0, 0.1) is 5.41 Å². The summed E-state index contributed by atoms with van der Waals surface area (Å²) in [4.78, 5) is 15.7. The molecule has 5 heteroatoms. The Morgan fingerprint density at radius 2 is 2.12 bits per heavy atom. The van der Waals surface area contributed by atoms with Crippen LogP contribution < -0.4 is 10.6 Å². The van der Waals surface area contributed by atoms with Crippen LogP contribution in [0.15, 0.2) is 22.8 Å². The lowest BCUT2D eigenvalue weighted by molar-refractivity contribution is -0.128. The zero-order chi connectivity index (χ0) is 12.9. The van der Waals surface area contributed by atoms with E-state index in [2.05, 4.69) is 31.5 Å². The fraction of sp³-hybridized carbons (Fsp3) is 0.500. The molecule has 0 spiro atoms. The number of anilines is 1. The average Bonchev–Trinajstić information content (AvgIpc) is 2.23. The molecule has 0 saturated heterocycles. The first-order valence-electron chi connectivity index (χ1n) is 5.53. The summed E-state index contributed by atoms with van der Waals surface area (Å²) in [6.45, 7) is 6.93. The van der Waals surface area contributed by atoms with Crippen LogP contribution in [0.1, 0.15) is 20.8 Å². The van der Waals surface area contributed by atoms with Crippen LogP contribution in [-0.2, 0) is 4.79 Å². The molecule has 4 nitrogen and oxygen atoms in total. The second kappa shape index (κ2) is 6.00. The van der Waals surface area contributed by atoms with Gasteiger partial charge in [-0.1, -0.05) is 36.7 Å². The van der Waals surface area contributed by atoms with Gasteiger partial charge in [-0.15, -0.1) is 0 Å². The van der Waals surface area contributed by atoms with Gasteiger partial charge in [0.15, 0.2) is 0 Å². The lowest BCUT2D eigenvalue weighted by Gasteiger charge is -2.17. The van der Waals surface area contributed by atoms with E-state index in [0.717, 1.165) is 10.3 Å². The van der Waals surface area contributed by atoms with Crippen molar-refractivity contribution in [1.29, 1.82) is 0 Å². The van der Waals surface area contributed by atoms with E-state index in [0.29, 0.717) is 13.1 Å². The molecule has 0 fully saturated rings. The summed E-state index contributed by atoms with van der Waals surface area (Å²) >= 11 is 3.37. The van der Waals surface area contributed by atoms with E-state index in [-0.39, 0.29) is 11.3 Å². The second-order valence-corrected chi connectivity index (χ2v) is 5.71. The number of hydrogen-bond acceptors (Lipinski definition) is 3. The van der Waals surface area contributed by atoms with Gasteiger partial charge in [-0.3, -0.25) is 4.79 Å². The lowest BCUT2D eigenvalue weighted by atomic mass is 9.96. The molecule has 94 valence electrons. The highest BCUT2D eigenvalue weighted by Gasteiger charge is 2.20. The highest BCUT2D eigenvalue weighted by molar-refractivity contribution is 9.10. The molecular weight excluding hydrogens is 282 g/mol. The molecule has 0 bridgehead atoms. The molecule has 0 saturated carbocycles. The molecule has 0 aliphatic carbocycles. The molecule has 1 amide bonds. The maximum Gasteiger partial charge on any atom is 0.225 e. The Morgan fingerprint density at radius 1 is 1.41 bits per heavy atom. The van der Waals surface area contributed by atoms with Crippen molar-refractivity contribution in [2.24, 2.45) is 5.41 Å². The number of carbonyl (C=O) groups excluding carboxylic acids is 1. The van der Waals surface area contributed by atoms with Crippen LogP contribution in [0.3, 0.4) is 0 Å². The van der Waals surface area contributed by atoms with Crippen molar-refractivity contribution in [1.82, 2.24) is 10.3 Å². The van der Waals surface area contributed by atoms with Crippen molar-refractivity contribution in [3.05, 3.63) is 22.8 Å². The summed E-state index contributed by atoms with van der Waals surface area (Å²) in [5.74, 6) is 0.853. The molecule has 0 unspecified atom stereocenters. The Morgan fingerprint density at radius 3 is 2.71 bits per heavy atom. The summed E-state index contributed by atoms with van der Waals surface area (Å²) < 4.78 is 0.980. The van der Waals surface area contributed by atoms with Crippen molar-refractivity contribution in [2.45, 2.75) is 20.8 Å². The molecule has 1 aromatic rings. The van der Waals surface area contributed by atoms with Crippen molar-refractivity contribution in [2.75, 3.05) is 18.4 Å². The third-order valence-corrected chi connectivity index (χ3v) is 2.61. The van der Waals surface area contributed by atoms with Gasteiger partial charge in [-0.2, -0.15) is 0 Å². The van der Waals surface area contributed by atoms with Crippen LogP contribution >= 0.6 is 15.9 Å². The predicted octanol–water partition coefficient (Wildman–Crippen LogP) is 2.42. The van der Waals surface area contributed by atoms with Crippen molar-refractivity contribution in [3.8, 4) is 0 Å². The lowest BCUT2D eigenvalue weighted by Crippen LogP contribution is -2.37. The number of rotatable bonds is 4. The minimum absolute atomic E-state index is 0.0569. The molecule has 0 radical (unpaired) electrons. The molecule has 0 atom stereocenters. The number of nitrogens with one attached hydrogen (secondary N) is 2. The molecule has 0 aliphatic rings. The van der Waals surface area contributed by atoms with E-state index in [9.17, 15) is 4.79 Å². The molecular formula is C12H18BrN3O. The number of hydrogen-bond donors (Lipinski definition) is 2. The molecule has 0 aromatic carbocycles. The van der Waals surface area contributed by atoms with Crippen molar-refractivity contribution < 1.29 is 4.79 Å². The summed E-state index contributed by atoms with van der Waals surface area (Å²) in [5.41, 5.74) is -0.339. The highest BCUT2D eigenvalue weighted by Crippen LogP contribution is 2.13. The first-order chi connectivity index (χ1) is 7.89. The molecule has 1 aromatic heterocycles. The Kier molecular flexibility index (Phi) is 4.93. The molecule has 1 rings (SSSR count). The molecule has 2 N–H and O–H groups in total.